The zero-order valence-electron chi connectivity index (χ0n) is 10.7. The molecule has 1 amide bonds. The molecule has 1 aromatic rings. The maximum Gasteiger partial charge on any atom is 0.220 e. The lowest BCUT2D eigenvalue weighted by Gasteiger charge is -2.05. The summed E-state index contributed by atoms with van der Waals surface area (Å²) in [6.45, 7) is 2.95. The third kappa shape index (κ3) is 6.31. The number of amides is 1. The van der Waals surface area contributed by atoms with E-state index in [1.165, 1.54) is 12.8 Å². The van der Waals surface area contributed by atoms with Gasteiger partial charge in [-0.3, -0.25) is 4.79 Å². The fourth-order valence-corrected chi connectivity index (χ4v) is 2.69. The second kappa shape index (κ2) is 9.29. The van der Waals surface area contributed by atoms with Gasteiger partial charge in [-0.1, -0.05) is 43.5 Å². The van der Waals surface area contributed by atoms with Crippen molar-refractivity contribution >= 4 is 29.3 Å². The van der Waals surface area contributed by atoms with Gasteiger partial charge in [-0.05, 0) is 18.6 Å². The fourth-order valence-electron chi connectivity index (χ4n) is 1.51. The molecule has 1 rings (SSSR count). The average Bonchev–Trinajstić information content (AvgIpc) is 2.37. The van der Waals surface area contributed by atoms with Gasteiger partial charge in [-0.2, -0.15) is 0 Å². The standard InChI is InChI=1S/C14H20ClNOS/c1-2-3-6-10-16-14(17)9-11-18-13-8-5-4-7-12(13)15/h4-5,7-8H,2-3,6,9-11H2,1H3,(H,16,17). The zero-order valence-corrected chi connectivity index (χ0v) is 12.3. The summed E-state index contributed by atoms with van der Waals surface area (Å²) in [6, 6.07) is 7.72. The first-order valence-corrected chi connectivity index (χ1v) is 7.74. The molecule has 0 aliphatic heterocycles. The number of hydrogen-bond donors (Lipinski definition) is 1. The van der Waals surface area contributed by atoms with Gasteiger partial charge in [0.05, 0.1) is 5.02 Å². The highest BCUT2D eigenvalue weighted by Crippen LogP contribution is 2.26. The largest absolute Gasteiger partial charge is 0.356 e. The molecule has 0 atom stereocenters. The van der Waals surface area contributed by atoms with Crippen LogP contribution in [0.2, 0.25) is 5.02 Å². The van der Waals surface area contributed by atoms with E-state index in [0.717, 1.165) is 28.6 Å². The maximum atomic E-state index is 11.5. The highest BCUT2D eigenvalue weighted by Gasteiger charge is 2.03. The van der Waals surface area contributed by atoms with E-state index in [2.05, 4.69) is 12.2 Å². The number of nitrogens with one attached hydrogen (secondary N) is 1. The lowest BCUT2D eigenvalue weighted by molar-refractivity contribution is -0.120. The van der Waals surface area contributed by atoms with Crippen molar-refractivity contribution in [1.29, 1.82) is 0 Å². The Bertz CT molecular complexity index is 371. The lowest BCUT2D eigenvalue weighted by Crippen LogP contribution is -2.24. The SMILES string of the molecule is CCCCCNC(=O)CCSc1ccccc1Cl. The predicted octanol–water partition coefficient (Wildman–Crippen LogP) is 4.13. The van der Waals surface area contributed by atoms with E-state index in [1.807, 2.05) is 24.3 Å². The molecule has 0 fully saturated rings. The van der Waals surface area contributed by atoms with Crippen LogP contribution >= 0.6 is 23.4 Å². The fraction of sp³-hybridized carbons (Fsp3) is 0.500. The van der Waals surface area contributed by atoms with Crippen molar-refractivity contribution in [1.82, 2.24) is 5.32 Å². The van der Waals surface area contributed by atoms with Crippen LogP contribution in [-0.2, 0) is 4.79 Å². The Kier molecular flexibility index (Phi) is 7.94. The Morgan fingerprint density at radius 2 is 2.11 bits per heavy atom. The van der Waals surface area contributed by atoms with E-state index < -0.39 is 0 Å². The van der Waals surface area contributed by atoms with E-state index in [-0.39, 0.29) is 5.91 Å². The number of carbonyl (C=O) groups is 1. The first-order valence-electron chi connectivity index (χ1n) is 6.38. The van der Waals surface area contributed by atoms with Gasteiger partial charge in [0.15, 0.2) is 0 Å². The summed E-state index contributed by atoms with van der Waals surface area (Å²) in [5.41, 5.74) is 0. The van der Waals surface area contributed by atoms with Crippen LogP contribution in [0.25, 0.3) is 0 Å². The van der Waals surface area contributed by atoms with Crippen molar-refractivity contribution in [2.24, 2.45) is 0 Å². The maximum absolute atomic E-state index is 11.5. The molecule has 2 nitrogen and oxygen atoms in total. The molecule has 4 heteroatoms. The van der Waals surface area contributed by atoms with Gasteiger partial charge in [-0.15, -0.1) is 11.8 Å². The third-order valence-corrected chi connectivity index (χ3v) is 4.04. The highest BCUT2D eigenvalue weighted by molar-refractivity contribution is 7.99. The van der Waals surface area contributed by atoms with Crippen molar-refractivity contribution < 1.29 is 4.79 Å². The molecule has 0 saturated heterocycles. The summed E-state index contributed by atoms with van der Waals surface area (Å²) in [4.78, 5) is 12.6. The van der Waals surface area contributed by atoms with Crippen molar-refractivity contribution in [3.63, 3.8) is 0 Å². The molecule has 0 aliphatic rings. The average molecular weight is 286 g/mol. The van der Waals surface area contributed by atoms with Gasteiger partial charge in [0.1, 0.15) is 0 Å². The van der Waals surface area contributed by atoms with Gasteiger partial charge in [-0.25, -0.2) is 0 Å². The number of hydrogen-bond acceptors (Lipinski definition) is 2. The minimum atomic E-state index is 0.130. The van der Waals surface area contributed by atoms with Gasteiger partial charge < -0.3 is 5.32 Å². The summed E-state index contributed by atoms with van der Waals surface area (Å²) in [6.07, 6.45) is 3.97. The quantitative estimate of drug-likeness (QED) is 0.575. The van der Waals surface area contributed by atoms with E-state index in [4.69, 9.17) is 11.6 Å². The van der Waals surface area contributed by atoms with Crippen LogP contribution in [0, 0.1) is 0 Å². The minimum absolute atomic E-state index is 0.130. The van der Waals surface area contributed by atoms with Crippen LogP contribution in [-0.4, -0.2) is 18.2 Å². The van der Waals surface area contributed by atoms with E-state index in [1.54, 1.807) is 11.8 Å². The number of thioether (sulfide) groups is 1. The Hall–Kier alpha value is -0.670. The summed E-state index contributed by atoms with van der Waals surface area (Å²) in [5.74, 6) is 0.897. The third-order valence-electron chi connectivity index (χ3n) is 2.53. The molecule has 0 bridgehead atoms. The molecule has 0 aliphatic carbocycles. The first kappa shape index (κ1) is 15.4. The normalized spacial score (nSPS) is 10.3. The van der Waals surface area contributed by atoms with Crippen molar-refractivity contribution in [3.05, 3.63) is 29.3 Å². The first-order chi connectivity index (χ1) is 8.74. The monoisotopic (exact) mass is 285 g/mol. The molecule has 0 saturated carbocycles. The number of rotatable bonds is 8. The molecule has 1 N–H and O–H groups in total. The number of unbranched alkanes of at least 4 members (excludes halogenated alkanes) is 2. The van der Waals surface area contributed by atoms with Crippen LogP contribution < -0.4 is 5.32 Å². The van der Waals surface area contributed by atoms with Gasteiger partial charge in [0.2, 0.25) is 5.91 Å². The van der Waals surface area contributed by atoms with E-state index in [0.29, 0.717) is 6.42 Å². The lowest BCUT2D eigenvalue weighted by atomic mass is 10.2. The van der Waals surface area contributed by atoms with Crippen LogP contribution in [0.4, 0.5) is 0 Å². The molecule has 1 aromatic carbocycles. The van der Waals surface area contributed by atoms with Crippen LogP contribution in [0.3, 0.4) is 0 Å². The molecule has 18 heavy (non-hydrogen) atoms. The Morgan fingerprint density at radius 1 is 1.33 bits per heavy atom. The Balaban J connectivity index is 2.14. The van der Waals surface area contributed by atoms with E-state index in [9.17, 15) is 4.79 Å². The molecular weight excluding hydrogens is 266 g/mol. The number of carbonyl (C=O) groups excluding carboxylic acids is 1. The predicted molar refractivity (Wildman–Crippen MR) is 79.3 cm³/mol. The van der Waals surface area contributed by atoms with Crippen molar-refractivity contribution in [3.8, 4) is 0 Å². The van der Waals surface area contributed by atoms with Gasteiger partial charge in [0.25, 0.3) is 0 Å². The van der Waals surface area contributed by atoms with Crippen molar-refractivity contribution in [2.45, 2.75) is 37.5 Å². The van der Waals surface area contributed by atoms with E-state index >= 15 is 0 Å². The van der Waals surface area contributed by atoms with Gasteiger partial charge in [0, 0.05) is 23.6 Å². The molecular formula is C14H20ClNOS. The molecule has 100 valence electrons. The molecule has 0 aromatic heterocycles. The molecule has 0 heterocycles. The van der Waals surface area contributed by atoms with Crippen LogP contribution in [0.5, 0.6) is 0 Å². The molecule has 0 radical (unpaired) electrons. The summed E-state index contributed by atoms with van der Waals surface area (Å²) < 4.78 is 0. The summed E-state index contributed by atoms with van der Waals surface area (Å²) in [5, 5.41) is 3.69. The second-order valence-corrected chi connectivity index (χ2v) is 5.63. The zero-order chi connectivity index (χ0) is 13.2. The molecule has 0 unspecified atom stereocenters. The number of halogens is 1. The minimum Gasteiger partial charge on any atom is -0.356 e. The number of benzene rings is 1. The summed E-state index contributed by atoms with van der Waals surface area (Å²) in [7, 11) is 0. The van der Waals surface area contributed by atoms with Crippen molar-refractivity contribution in [2.75, 3.05) is 12.3 Å². The van der Waals surface area contributed by atoms with Crippen LogP contribution in [0.15, 0.2) is 29.2 Å². The van der Waals surface area contributed by atoms with Crippen LogP contribution in [0.1, 0.15) is 32.6 Å². The summed E-state index contributed by atoms with van der Waals surface area (Å²) >= 11 is 7.66. The highest BCUT2D eigenvalue weighted by atomic mass is 35.5. The van der Waals surface area contributed by atoms with Gasteiger partial charge >= 0.3 is 0 Å². The Labute approximate surface area is 118 Å². The molecule has 0 spiro atoms. The Morgan fingerprint density at radius 3 is 2.83 bits per heavy atom. The second-order valence-electron chi connectivity index (χ2n) is 4.09. The topological polar surface area (TPSA) is 29.1 Å². The smallest absolute Gasteiger partial charge is 0.220 e.